The predicted octanol–water partition coefficient (Wildman–Crippen LogP) is 1.46. The van der Waals surface area contributed by atoms with E-state index in [0.717, 1.165) is 26.2 Å². The van der Waals surface area contributed by atoms with Gasteiger partial charge in [0, 0.05) is 37.9 Å². The fourth-order valence-corrected chi connectivity index (χ4v) is 2.07. The Bertz CT molecular complexity index is 341. The number of anilines is 1. The van der Waals surface area contributed by atoms with Crippen LogP contribution in [0.1, 0.15) is 18.5 Å². The zero-order valence-corrected chi connectivity index (χ0v) is 10.2. The van der Waals surface area contributed by atoms with E-state index in [0.29, 0.717) is 0 Å². The Kier molecular flexibility index (Phi) is 3.46. The van der Waals surface area contributed by atoms with Crippen LogP contribution in [0.2, 0.25) is 0 Å². The third kappa shape index (κ3) is 2.54. The fourth-order valence-electron chi connectivity index (χ4n) is 2.07. The second-order valence-corrected chi connectivity index (χ2v) is 4.67. The van der Waals surface area contributed by atoms with Gasteiger partial charge in [-0.05, 0) is 31.7 Å². The van der Waals surface area contributed by atoms with Crippen molar-refractivity contribution in [1.29, 1.82) is 0 Å². The lowest BCUT2D eigenvalue weighted by atomic mass is 10.1. The molecule has 88 valence electrons. The van der Waals surface area contributed by atoms with E-state index in [2.05, 4.69) is 41.1 Å². The molecule has 0 aromatic heterocycles. The van der Waals surface area contributed by atoms with Crippen molar-refractivity contribution in [3.63, 3.8) is 0 Å². The summed E-state index contributed by atoms with van der Waals surface area (Å²) in [4.78, 5) is 4.80. The van der Waals surface area contributed by atoms with Crippen LogP contribution in [0.3, 0.4) is 0 Å². The maximum atomic E-state index is 5.91. The van der Waals surface area contributed by atoms with Crippen LogP contribution in [0.5, 0.6) is 0 Å². The first kappa shape index (κ1) is 11.4. The number of nitrogens with zero attached hydrogens (tertiary/aromatic N) is 2. The lowest BCUT2D eigenvalue weighted by Gasteiger charge is -2.34. The van der Waals surface area contributed by atoms with Crippen LogP contribution in [0.15, 0.2) is 24.3 Å². The maximum absolute atomic E-state index is 5.91. The minimum absolute atomic E-state index is 0.118. The van der Waals surface area contributed by atoms with Crippen LogP contribution in [0, 0.1) is 0 Å². The SMILES string of the molecule is C[C@H](N)c1cccc(N2CCN(C)CC2)c1. The molecule has 1 aliphatic rings. The Balaban J connectivity index is 2.11. The number of nitrogens with two attached hydrogens (primary N) is 1. The molecule has 1 aromatic rings. The molecule has 0 saturated carbocycles. The molecule has 2 rings (SSSR count). The van der Waals surface area contributed by atoms with Gasteiger partial charge in [-0.2, -0.15) is 0 Å². The highest BCUT2D eigenvalue weighted by Crippen LogP contribution is 2.20. The highest BCUT2D eigenvalue weighted by atomic mass is 15.2. The van der Waals surface area contributed by atoms with Crippen molar-refractivity contribution in [3.8, 4) is 0 Å². The van der Waals surface area contributed by atoms with Gasteiger partial charge in [-0.1, -0.05) is 12.1 Å². The molecule has 3 heteroatoms. The molecule has 1 atom stereocenters. The zero-order chi connectivity index (χ0) is 11.5. The molecule has 0 radical (unpaired) electrons. The van der Waals surface area contributed by atoms with Crippen LogP contribution in [0.25, 0.3) is 0 Å². The van der Waals surface area contributed by atoms with Crippen molar-refractivity contribution in [1.82, 2.24) is 4.90 Å². The Morgan fingerprint density at radius 2 is 1.88 bits per heavy atom. The number of rotatable bonds is 2. The molecule has 1 aliphatic heterocycles. The van der Waals surface area contributed by atoms with Gasteiger partial charge in [0.05, 0.1) is 0 Å². The van der Waals surface area contributed by atoms with E-state index < -0.39 is 0 Å². The number of benzene rings is 1. The third-order valence-electron chi connectivity index (χ3n) is 3.26. The van der Waals surface area contributed by atoms with E-state index in [1.54, 1.807) is 0 Å². The van der Waals surface area contributed by atoms with Crippen molar-refractivity contribution < 1.29 is 0 Å². The van der Waals surface area contributed by atoms with E-state index in [9.17, 15) is 0 Å². The summed E-state index contributed by atoms with van der Waals surface area (Å²) in [6.45, 7) is 6.53. The molecular weight excluding hydrogens is 198 g/mol. The Morgan fingerprint density at radius 1 is 1.19 bits per heavy atom. The van der Waals surface area contributed by atoms with E-state index in [4.69, 9.17) is 5.73 Å². The van der Waals surface area contributed by atoms with E-state index in [-0.39, 0.29) is 6.04 Å². The summed E-state index contributed by atoms with van der Waals surface area (Å²) in [5.74, 6) is 0. The standard InChI is InChI=1S/C13H21N3/c1-11(14)12-4-3-5-13(10-12)16-8-6-15(2)7-9-16/h3-5,10-11H,6-9,14H2,1-2H3/t11-/m0/s1. The summed E-state index contributed by atoms with van der Waals surface area (Å²) in [5.41, 5.74) is 8.43. The number of likely N-dealkylation sites (N-methyl/N-ethyl adjacent to an activating group) is 1. The summed E-state index contributed by atoms with van der Waals surface area (Å²) in [7, 11) is 2.18. The van der Waals surface area contributed by atoms with Gasteiger partial charge in [0.25, 0.3) is 0 Å². The van der Waals surface area contributed by atoms with Crippen molar-refractivity contribution in [2.75, 3.05) is 38.1 Å². The normalized spacial score (nSPS) is 19.8. The summed E-state index contributed by atoms with van der Waals surface area (Å²) >= 11 is 0. The molecule has 1 saturated heterocycles. The van der Waals surface area contributed by atoms with E-state index in [1.807, 2.05) is 6.92 Å². The van der Waals surface area contributed by atoms with Gasteiger partial charge in [0.2, 0.25) is 0 Å². The van der Waals surface area contributed by atoms with Gasteiger partial charge in [-0.3, -0.25) is 0 Å². The molecule has 0 spiro atoms. The van der Waals surface area contributed by atoms with Gasteiger partial charge < -0.3 is 15.5 Å². The molecule has 3 nitrogen and oxygen atoms in total. The first-order valence-electron chi connectivity index (χ1n) is 5.96. The van der Waals surface area contributed by atoms with Crippen molar-refractivity contribution in [2.45, 2.75) is 13.0 Å². The Labute approximate surface area is 97.8 Å². The number of piperazine rings is 1. The van der Waals surface area contributed by atoms with E-state index in [1.165, 1.54) is 11.3 Å². The zero-order valence-electron chi connectivity index (χ0n) is 10.2. The topological polar surface area (TPSA) is 32.5 Å². The lowest BCUT2D eigenvalue weighted by Crippen LogP contribution is -2.44. The van der Waals surface area contributed by atoms with Gasteiger partial charge in [-0.25, -0.2) is 0 Å². The number of hydrogen-bond acceptors (Lipinski definition) is 3. The maximum Gasteiger partial charge on any atom is 0.0370 e. The highest BCUT2D eigenvalue weighted by Gasteiger charge is 2.14. The van der Waals surface area contributed by atoms with Crippen molar-refractivity contribution in [3.05, 3.63) is 29.8 Å². The van der Waals surface area contributed by atoms with Crippen LogP contribution in [-0.4, -0.2) is 38.1 Å². The minimum atomic E-state index is 0.118. The third-order valence-corrected chi connectivity index (χ3v) is 3.26. The first-order valence-corrected chi connectivity index (χ1v) is 5.96. The Hall–Kier alpha value is -1.06. The largest absolute Gasteiger partial charge is 0.369 e. The second-order valence-electron chi connectivity index (χ2n) is 4.67. The minimum Gasteiger partial charge on any atom is -0.369 e. The smallest absolute Gasteiger partial charge is 0.0370 e. The molecule has 0 amide bonds. The second kappa shape index (κ2) is 4.85. The quantitative estimate of drug-likeness (QED) is 0.817. The van der Waals surface area contributed by atoms with Crippen LogP contribution in [-0.2, 0) is 0 Å². The number of hydrogen-bond donors (Lipinski definition) is 1. The first-order chi connectivity index (χ1) is 7.66. The van der Waals surface area contributed by atoms with Gasteiger partial charge in [-0.15, -0.1) is 0 Å². The van der Waals surface area contributed by atoms with Crippen molar-refractivity contribution in [2.24, 2.45) is 5.73 Å². The summed E-state index contributed by atoms with van der Waals surface area (Å²) in [5, 5.41) is 0. The molecule has 0 aliphatic carbocycles. The summed E-state index contributed by atoms with van der Waals surface area (Å²) in [6.07, 6.45) is 0. The monoisotopic (exact) mass is 219 g/mol. The summed E-state index contributed by atoms with van der Waals surface area (Å²) in [6, 6.07) is 8.72. The average Bonchev–Trinajstić information content (AvgIpc) is 2.30. The van der Waals surface area contributed by atoms with Crippen LogP contribution >= 0.6 is 0 Å². The molecule has 0 bridgehead atoms. The van der Waals surface area contributed by atoms with Gasteiger partial charge >= 0.3 is 0 Å². The predicted molar refractivity (Wildman–Crippen MR) is 68.8 cm³/mol. The van der Waals surface area contributed by atoms with Crippen LogP contribution < -0.4 is 10.6 Å². The van der Waals surface area contributed by atoms with Gasteiger partial charge in [0.15, 0.2) is 0 Å². The summed E-state index contributed by atoms with van der Waals surface area (Å²) < 4.78 is 0. The van der Waals surface area contributed by atoms with E-state index >= 15 is 0 Å². The molecule has 2 N–H and O–H groups in total. The Morgan fingerprint density at radius 3 is 2.50 bits per heavy atom. The molecule has 1 aromatic carbocycles. The molecule has 0 unspecified atom stereocenters. The lowest BCUT2D eigenvalue weighted by molar-refractivity contribution is 0.313. The van der Waals surface area contributed by atoms with Crippen LogP contribution in [0.4, 0.5) is 5.69 Å². The molecule has 1 heterocycles. The molecule has 1 fully saturated rings. The fraction of sp³-hybridized carbons (Fsp3) is 0.538. The molecular formula is C13H21N3. The van der Waals surface area contributed by atoms with Gasteiger partial charge in [0.1, 0.15) is 0 Å². The van der Waals surface area contributed by atoms with Crippen molar-refractivity contribution >= 4 is 5.69 Å². The molecule has 16 heavy (non-hydrogen) atoms. The average molecular weight is 219 g/mol. The highest BCUT2D eigenvalue weighted by molar-refractivity contribution is 5.49.